The van der Waals surface area contributed by atoms with Crippen molar-refractivity contribution in [3.63, 3.8) is 0 Å². The molecule has 1 rings (SSSR count). The lowest BCUT2D eigenvalue weighted by Gasteiger charge is -2.00. The van der Waals surface area contributed by atoms with Gasteiger partial charge in [0.15, 0.2) is 5.16 Å². The molecule has 3 nitrogen and oxygen atoms in total. The van der Waals surface area contributed by atoms with Crippen LogP contribution in [-0.4, -0.2) is 26.3 Å². The molecule has 13 heavy (non-hydrogen) atoms. The minimum absolute atomic E-state index is 0.969. The number of rotatable bonds is 5. The molecule has 0 fully saturated rings. The molecule has 0 saturated heterocycles. The first-order chi connectivity index (χ1) is 6.25. The first kappa shape index (κ1) is 10.9. The topological polar surface area (TPSA) is 30.7 Å². The molecular weight excluding hydrogens is 202 g/mol. The van der Waals surface area contributed by atoms with Crippen molar-refractivity contribution in [2.24, 2.45) is 7.05 Å². The van der Waals surface area contributed by atoms with Crippen LogP contribution < -0.4 is 0 Å². The molecule has 0 saturated carbocycles. The predicted octanol–water partition coefficient (Wildman–Crippen LogP) is 1.93. The average molecular weight is 217 g/mol. The maximum absolute atomic E-state index is 4.16. The van der Waals surface area contributed by atoms with Gasteiger partial charge in [0.1, 0.15) is 5.82 Å². The van der Waals surface area contributed by atoms with Crippen LogP contribution in [-0.2, 0) is 7.05 Å². The van der Waals surface area contributed by atoms with Gasteiger partial charge in [-0.15, -0.1) is 10.2 Å². The molecule has 74 valence electrons. The van der Waals surface area contributed by atoms with Crippen LogP contribution in [0.4, 0.5) is 0 Å². The van der Waals surface area contributed by atoms with Crippen molar-refractivity contribution >= 4 is 24.4 Å². The fourth-order valence-electron chi connectivity index (χ4n) is 0.891. The van der Waals surface area contributed by atoms with E-state index in [2.05, 4.69) is 22.8 Å². The van der Waals surface area contributed by atoms with E-state index in [0.717, 1.165) is 22.5 Å². The van der Waals surface area contributed by atoms with Gasteiger partial charge in [0.25, 0.3) is 0 Å². The minimum atomic E-state index is 0.969. The lowest BCUT2D eigenvalue weighted by atomic mass is 10.4. The van der Waals surface area contributed by atoms with Gasteiger partial charge in [-0.05, 0) is 25.5 Å². The van der Waals surface area contributed by atoms with Gasteiger partial charge in [0.05, 0.1) is 0 Å². The Morgan fingerprint density at radius 3 is 2.69 bits per heavy atom. The van der Waals surface area contributed by atoms with Crippen molar-refractivity contribution in [1.29, 1.82) is 0 Å². The van der Waals surface area contributed by atoms with E-state index in [-0.39, 0.29) is 0 Å². The molecule has 0 N–H and O–H groups in total. The Labute approximate surface area is 88.7 Å². The van der Waals surface area contributed by atoms with E-state index in [1.807, 2.05) is 18.5 Å². The zero-order valence-electron chi connectivity index (χ0n) is 8.03. The number of aryl methyl sites for hydroxylation is 1. The second-order valence-electron chi connectivity index (χ2n) is 2.87. The van der Waals surface area contributed by atoms with E-state index in [0.29, 0.717) is 0 Å². The summed E-state index contributed by atoms with van der Waals surface area (Å²) in [6.07, 6.45) is 2.37. The van der Waals surface area contributed by atoms with Crippen molar-refractivity contribution in [3.05, 3.63) is 5.82 Å². The minimum Gasteiger partial charge on any atom is -0.309 e. The van der Waals surface area contributed by atoms with Gasteiger partial charge in [0.2, 0.25) is 0 Å². The fraction of sp³-hybridized carbons (Fsp3) is 0.750. The number of aromatic nitrogens is 3. The van der Waals surface area contributed by atoms with E-state index >= 15 is 0 Å². The summed E-state index contributed by atoms with van der Waals surface area (Å²) >= 11 is 5.93. The third kappa shape index (κ3) is 3.23. The van der Waals surface area contributed by atoms with Crippen molar-refractivity contribution in [2.45, 2.75) is 24.9 Å². The summed E-state index contributed by atoms with van der Waals surface area (Å²) in [6, 6.07) is 0. The van der Waals surface area contributed by atoms with E-state index in [1.54, 1.807) is 11.8 Å². The third-order valence-electron chi connectivity index (χ3n) is 1.84. The Hall–Kier alpha value is -0.160. The lowest BCUT2D eigenvalue weighted by molar-refractivity contribution is 0.763. The summed E-state index contributed by atoms with van der Waals surface area (Å²) in [5, 5.41) is 9.07. The van der Waals surface area contributed by atoms with Crippen LogP contribution >= 0.6 is 24.4 Å². The molecule has 1 aromatic heterocycles. The van der Waals surface area contributed by atoms with Gasteiger partial charge in [-0.2, -0.15) is 12.6 Å². The molecule has 0 aliphatic heterocycles. The predicted molar refractivity (Wildman–Crippen MR) is 59.6 cm³/mol. The summed E-state index contributed by atoms with van der Waals surface area (Å²) in [7, 11) is 2.00. The molecule has 1 aromatic rings. The average Bonchev–Trinajstić information content (AvgIpc) is 2.43. The maximum atomic E-state index is 4.16. The van der Waals surface area contributed by atoms with Crippen LogP contribution in [0.15, 0.2) is 5.16 Å². The van der Waals surface area contributed by atoms with Gasteiger partial charge in [-0.3, -0.25) is 0 Å². The third-order valence-corrected chi connectivity index (χ3v) is 3.26. The van der Waals surface area contributed by atoms with Crippen LogP contribution in [0.2, 0.25) is 0 Å². The zero-order chi connectivity index (χ0) is 9.68. The molecule has 5 heteroatoms. The van der Waals surface area contributed by atoms with E-state index < -0.39 is 0 Å². The largest absolute Gasteiger partial charge is 0.309 e. The standard InChI is InChI=1S/C8H15N3S2/c1-7-9-10-8(11(7)2)13-6-4-3-5-12/h12H,3-6H2,1-2H3. The van der Waals surface area contributed by atoms with Crippen LogP contribution in [0.25, 0.3) is 0 Å². The van der Waals surface area contributed by atoms with Gasteiger partial charge in [-0.25, -0.2) is 0 Å². The van der Waals surface area contributed by atoms with Crippen molar-refractivity contribution < 1.29 is 0 Å². The highest BCUT2D eigenvalue weighted by atomic mass is 32.2. The molecule has 0 aromatic carbocycles. The number of thioether (sulfide) groups is 1. The number of unbranched alkanes of at least 4 members (excludes halogenated alkanes) is 1. The first-order valence-electron chi connectivity index (χ1n) is 4.35. The van der Waals surface area contributed by atoms with Gasteiger partial charge in [-0.1, -0.05) is 11.8 Å². The molecule has 0 unspecified atom stereocenters. The molecule has 0 amide bonds. The SMILES string of the molecule is Cc1nnc(SCCCCS)n1C. The zero-order valence-corrected chi connectivity index (χ0v) is 9.74. The molecule has 1 heterocycles. The van der Waals surface area contributed by atoms with Gasteiger partial charge >= 0.3 is 0 Å². The number of hydrogen-bond acceptors (Lipinski definition) is 4. The maximum Gasteiger partial charge on any atom is 0.190 e. The molecule has 0 bridgehead atoms. The normalized spacial score (nSPS) is 10.7. The molecular formula is C8H15N3S2. The second-order valence-corrected chi connectivity index (χ2v) is 4.38. The Balaban J connectivity index is 2.32. The smallest absolute Gasteiger partial charge is 0.190 e. The molecule has 0 aliphatic rings. The Morgan fingerprint density at radius 1 is 1.38 bits per heavy atom. The molecule has 0 aliphatic carbocycles. The number of nitrogens with zero attached hydrogens (tertiary/aromatic N) is 3. The van der Waals surface area contributed by atoms with E-state index in [9.17, 15) is 0 Å². The summed E-state index contributed by atoms with van der Waals surface area (Å²) in [5.41, 5.74) is 0. The van der Waals surface area contributed by atoms with Crippen LogP contribution in [0, 0.1) is 6.92 Å². The van der Waals surface area contributed by atoms with E-state index in [4.69, 9.17) is 0 Å². The summed E-state index contributed by atoms with van der Waals surface area (Å²) in [6.45, 7) is 1.96. The lowest BCUT2D eigenvalue weighted by Crippen LogP contribution is -1.94. The van der Waals surface area contributed by atoms with Crippen molar-refractivity contribution in [1.82, 2.24) is 14.8 Å². The Kier molecular flexibility index (Phi) is 4.66. The van der Waals surface area contributed by atoms with Crippen LogP contribution in [0.5, 0.6) is 0 Å². The van der Waals surface area contributed by atoms with Gasteiger partial charge in [0, 0.05) is 12.8 Å². The van der Waals surface area contributed by atoms with Crippen molar-refractivity contribution in [2.75, 3.05) is 11.5 Å². The highest BCUT2D eigenvalue weighted by molar-refractivity contribution is 7.99. The quantitative estimate of drug-likeness (QED) is 0.464. The summed E-state index contributed by atoms with van der Waals surface area (Å²) in [5.74, 6) is 3.04. The number of thiol groups is 1. The highest BCUT2D eigenvalue weighted by Gasteiger charge is 2.03. The Bertz CT molecular complexity index is 260. The van der Waals surface area contributed by atoms with Crippen LogP contribution in [0.1, 0.15) is 18.7 Å². The Morgan fingerprint density at radius 2 is 2.15 bits per heavy atom. The monoisotopic (exact) mass is 217 g/mol. The second kappa shape index (κ2) is 5.54. The number of hydrogen-bond donors (Lipinski definition) is 1. The van der Waals surface area contributed by atoms with Crippen LogP contribution in [0.3, 0.4) is 0 Å². The molecule has 0 atom stereocenters. The first-order valence-corrected chi connectivity index (χ1v) is 5.97. The van der Waals surface area contributed by atoms with Gasteiger partial charge < -0.3 is 4.57 Å². The summed E-state index contributed by atoms with van der Waals surface area (Å²) < 4.78 is 2.02. The summed E-state index contributed by atoms with van der Waals surface area (Å²) in [4.78, 5) is 0. The highest BCUT2D eigenvalue weighted by Crippen LogP contribution is 2.16. The fourth-order valence-corrected chi connectivity index (χ4v) is 2.07. The molecule has 0 spiro atoms. The van der Waals surface area contributed by atoms with Crippen molar-refractivity contribution in [3.8, 4) is 0 Å². The molecule has 0 radical (unpaired) electrons. The van der Waals surface area contributed by atoms with E-state index in [1.165, 1.54) is 12.8 Å².